The van der Waals surface area contributed by atoms with E-state index in [1.807, 2.05) is 0 Å². The van der Waals surface area contributed by atoms with E-state index in [4.69, 9.17) is 0 Å². The minimum absolute atomic E-state index is 0.111. The van der Waals surface area contributed by atoms with E-state index >= 15 is 0 Å². The zero-order chi connectivity index (χ0) is 27.2. The molecule has 0 aliphatic carbocycles. The number of alkyl halides is 15. The van der Waals surface area contributed by atoms with E-state index in [0.29, 0.717) is 7.11 Å². The van der Waals surface area contributed by atoms with Gasteiger partial charge >= 0.3 is 41.7 Å². The lowest BCUT2D eigenvalue weighted by Gasteiger charge is -2.42. The van der Waals surface area contributed by atoms with Crippen LogP contribution >= 0.6 is 0 Å². The van der Waals surface area contributed by atoms with Crippen molar-refractivity contribution >= 4 is 0 Å². The Morgan fingerprint density at radius 2 is 1.09 bits per heavy atom. The first kappa shape index (κ1) is 30.0. The van der Waals surface area contributed by atoms with Crippen molar-refractivity contribution in [1.29, 1.82) is 0 Å². The predicted molar refractivity (Wildman–Crippen MR) is 83.1 cm³/mol. The number of hydrogen-bond donors (Lipinski definition) is 0. The van der Waals surface area contributed by atoms with E-state index < -0.39 is 59.8 Å². The van der Waals surface area contributed by atoms with Crippen molar-refractivity contribution in [2.75, 3.05) is 14.2 Å². The average Bonchev–Trinajstić information content (AvgIpc) is 2.70. The van der Waals surface area contributed by atoms with Crippen LogP contribution in [-0.4, -0.2) is 55.9 Å². The maximum atomic E-state index is 14.1. The quantitative estimate of drug-likeness (QED) is 0.297. The molecule has 2 nitrogen and oxygen atoms in total. The molecule has 198 valence electrons. The highest BCUT2D eigenvalue weighted by Crippen LogP contribution is 2.63. The molecule has 0 spiro atoms. The van der Waals surface area contributed by atoms with Gasteiger partial charge in [0.2, 0.25) is 0 Å². The fourth-order valence-corrected chi connectivity index (χ4v) is 2.54. The molecule has 1 aromatic carbocycles. The van der Waals surface area contributed by atoms with E-state index in [0.717, 1.165) is 25.3 Å². The van der Waals surface area contributed by atoms with Crippen molar-refractivity contribution in [2.24, 2.45) is 0 Å². The summed E-state index contributed by atoms with van der Waals surface area (Å²) in [6.07, 6.45) is -12.6. The minimum atomic E-state index is -8.31. The second-order valence-corrected chi connectivity index (χ2v) is 6.78. The average molecular weight is 534 g/mol. The molecular formula is C17H13F15O2. The number of ether oxygens (including phenoxy) is 2. The second kappa shape index (κ2) is 8.86. The molecule has 0 saturated heterocycles. The van der Waals surface area contributed by atoms with Gasteiger partial charge in [-0.25, -0.2) is 0 Å². The standard InChI is InChI=1S/C17H13F15O2/c1-33-9-5-3-4-8(6-9)10(34-2)7-11(18,19)12(20,21)13(22,23)14(24,25)15(26,27)16(28,29)17(30,31)32/h3-6,10H,7H2,1-2H3. The van der Waals surface area contributed by atoms with Gasteiger partial charge in [-0.2, -0.15) is 65.9 Å². The topological polar surface area (TPSA) is 18.5 Å². The van der Waals surface area contributed by atoms with Gasteiger partial charge in [-0.1, -0.05) is 12.1 Å². The van der Waals surface area contributed by atoms with E-state index in [1.54, 1.807) is 0 Å². The molecule has 0 aromatic heterocycles. The molecule has 0 saturated carbocycles. The first-order valence-corrected chi connectivity index (χ1v) is 8.46. The molecule has 0 aliphatic heterocycles. The van der Waals surface area contributed by atoms with E-state index in [9.17, 15) is 65.9 Å². The van der Waals surface area contributed by atoms with Crippen LogP contribution in [0.5, 0.6) is 5.75 Å². The number of methoxy groups -OCH3 is 2. The first-order chi connectivity index (χ1) is 15.0. The van der Waals surface area contributed by atoms with Crippen LogP contribution in [0.25, 0.3) is 0 Å². The molecule has 0 amide bonds. The smallest absolute Gasteiger partial charge is 0.460 e. The van der Waals surface area contributed by atoms with E-state index in [2.05, 4.69) is 9.47 Å². The summed E-state index contributed by atoms with van der Waals surface area (Å²) in [5.74, 6) is -46.8. The molecular weight excluding hydrogens is 521 g/mol. The van der Waals surface area contributed by atoms with Crippen molar-refractivity contribution < 1.29 is 75.3 Å². The summed E-state index contributed by atoms with van der Waals surface area (Å²) >= 11 is 0. The van der Waals surface area contributed by atoms with Gasteiger partial charge in [0, 0.05) is 13.5 Å². The van der Waals surface area contributed by atoms with E-state index in [1.165, 1.54) is 6.07 Å². The fraction of sp³-hybridized carbons (Fsp3) is 0.647. The fourth-order valence-electron chi connectivity index (χ4n) is 2.54. The van der Waals surface area contributed by atoms with Crippen LogP contribution < -0.4 is 4.74 Å². The molecule has 34 heavy (non-hydrogen) atoms. The van der Waals surface area contributed by atoms with Crippen LogP contribution in [0.15, 0.2) is 24.3 Å². The molecule has 1 rings (SSSR count). The van der Waals surface area contributed by atoms with Gasteiger partial charge in [0.1, 0.15) is 5.75 Å². The lowest BCUT2D eigenvalue weighted by Crippen LogP contribution is -2.72. The Morgan fingerprint density at radius 1 is 0.647 bits per heavy atom. The summed E-state index contributed by atoms with van der Waals surface area (Å²) < 4.78 is 208. The molecule has 0 bridgehead atoms. The van der Waals surface area contributed by atoms with Crippen molar-refractivity contribution in [3.63, 3.8) is 0 Å². The zero-order valence-corrected chi connectivity index (χ0v) is 16.6. The monoisotopic (exact) mass is 534 g/mol. The van der Waals surface area contributed by atoms with Crippen molar-refractivity contribution in [1.82, 2.24) is 0 Å². The predicted octanol–water partition coefficient (Wildman–Crippen LogP) is 7.15. The molecule has 0 N–H and O–H groups in total. The summed E-state index contributed by atoms with van der Waals surface area (Å²) in [7, 11) is 1.63. The maximum absolute atomic E-state index is 14.1. The number of rotatable bonds is 10. The Bertz CT molecular complexity index is 848. The van der Waals surface area contributed by atoms with Gasteiger partial charge in [-0.05, 0) is 17.7 Å². The summed E-state index contributed by atoms with van der Waals surface area (Å²) in [6, 6.07) is 4.02. The molecule has 0 heterocycles. The second-order valence-electron chi connectivity index (χ2n) is 6.78. The van der Waals surface area contributed by atoms with Crippen LogP contribution in [0, 0.1) is 0 Å². The third-order valence-electron chi connectivity index (χ3n) is 4.58. The summed E-state index contributed by atoms with van der Waals surface area (Å²) in [5.41, 5.74) is -0.485. The van der Waals surface area contributed by atoms with Crippen LogP contribution in [0.2, 0.25) is 0 Å². The van der Waals surface area contributed by atoms with Gasteiger partial charge in [-0.3, -0.25) is 0 Å². The van der Waals surface area contributed by atoms with Crippen LogP contribution in [0.3, 0.4) is 0 Å². The molecule has 0 aliphatic rings. The molecule has 0 radical (unpaired) electrons. The lowest BCUT2D eigenvalue weighted by atomic mass is 9.88. The van der Waals surface area contributed by atoms with Crippen LogP contribution in [0.1, 0.15) is 18.1 Å². The van der Waals surface area contributed by atoms with Crippen LogP contribution in [-0.2, 0) is 4.74 Å². The number of benzene rings is 1. The highest BCUT2D eigenvalue weighted by Gasteiger charge is 2.93. The Labute approximate surface area is 180 Å². The van der Waals surface area contributed by atoms with Crippen molar-refractivity contribution in [3.05, 3.63) is 29.8 Å². The molecule has 1 unspecified atom stereocenters. The third-order valence-corrected chi connectivity index (χ3v) is 4.58. The molecule has 1 atom stereocenters. The Balaban J connectivity index is 3.50. The van der Waals surface area contributed by atoms with Gasteiger partial charge < -0.3 is 9.47 Å². The third kappa shape index (κ3) is 4.46. The van der Waals surface area contributed by atoms with Crippen molar-refractivity contribution in [3.8, 4) is 5.75 Å². The van der Waals surface area contributed by atoms with Gasteiger partial charge in [0.05, 0.1) is 13.2 Å². The SMILES string of the molecule is COc1cccc(C(CC(F)(F)C(F)(F)C(F)(F)C(F)(F)C(F)(F)C(F)(F)C(F)(F)F)OC)c1. The molecule has 0 fully saturated rings. The Morgan fingerprint density at radius 3 is 1.50 bits per heavy atom. The summed E-state index contributed by atoms with van der Waals surface area (Å²) in [4.78, 5) is 0. The highest BCUT2D eigenvalue weighted by molar-refractivity contribution is 5.30. The normalized spacial score (nSPS) is 15.9. The van der Waals surface area contributed by atoms with Crippen LogP contribution in [0.4, 0.5) is 65.9 Å². The minimum Gasteiger partial charge on any atom is -0.497 e. The number of halogens is 15. The number of hydrogen-bond acceptors (Lipinski definition) is 2. The Hall–Kier alpha value is -2.07. The molecule has 1 aromatic rings. The van der Waals surface area contributed by atoms with E-state index in [-0.39, 0.29) is 5.75 Å². The van der Waals surface area contributed by atoms with Gasteiger partial charge in [0.15, 0.2) is 0 Å². The largest absolute Gasteiger partial charge is 0.497 e. The summed E-state index contributed by atoms with van der Waals surface area (Å²) in [6.45, 7) is 0. The van der Waals surface area contributed by atoms with Gasteiger partial charge in [-0.15, -0.1) is 0 Å². The lowest BCUT2D eigenvalue weighted by molar-refractivity contribution is -0.453. The zero-order valence-electron chi connectivity index (χ0n) is 16.6. The highest BCUT2D eigenvalue weighted by atomic mass is 19.4. The van der Waals surface area contributed by atoms with Gasteiger partial charge in [0.25, 0.3) is 0 Å². The van der Waals surface area contributed by atoms with Crippen molar-refractivity contribution in [2.45, 2.75) is 54.2 Å². The first-order valence-electron chi connectivity index (χ1n) is 8.46. The maximum Gasteiger partial charge on any atom is 0.460 e. The molecule has 17 heteroatoms. The Kier molecular flexibility index (Phi) is 7.81. The summed E-state index contributed by atoms with van der Waals surface area (Å²) in [5, 5.41) is 0.